The molecule has 0 radical (unpaired) electrons. The number of halogens is 3. The fourth-order valence-corrected chi connectivity index (χ4v) is 2.03. The lowest BCUT2D eigenvalue weighted by Gasteiger charge is -2.16. The van der Waals surface area contributed by atoms with Gasteiger partial charge in [0.25, 0.3) is 0 Å². The number of nitrogens with zero attached hydrogens (tertiary/aromatic N) is 2. The van der Waals surface area contributed by atoms with E-state index in [0.29, 0.717) is 11.4 Å². The minimum Gasteiger partial charge on any atom is -0.408 e. The van der Waals surface area contributed by atoms with E-state index in [1.165, 1.54) is 4.57 Å². The highest BCUT2D eigenvalue weighted by Gasteiger charge is 2.35. The van der Waals surface area contributed by atoms with E-state index >= 15 is 0 Å². The van der Waals surface area contributed by atoms with Gasteiger partial charge in [0.05, 0.1) is 5.56 Å². The first-order valence-electron chi connectivity index (χ1n) is 6.12. The molecule has 7 heteroatoms. The number of aryl methyl sites for hydroxylation is 2. The van der Waals surface area contributed by atoms with Crippen LogP contribution in [-0.2, 0) is 11.0 Å². The standard InChI is InChI=1S/C14H13F3N2O2/c1-8-4-5-9(2)19(8)13-11(14(15,16)17)6-7-12(18-13)21-10(3)20/h4-7H,1-3H3. The zero-order valence-corrected chi connectivity index (χ0v) is 11.7. The predicted octanol–water partition coefficient (Wildman–Crippen LogP) is 3.43. The van der Waals surface area contributed by atoms with Gasteiger partial charge in [-0.25, -0.2) is 0 Å². The summed E-state index contributed by atoms with van der Waals surface area (Å²) < 4.78 is 45.6. The molecule has 21 heavy (non-hydrogen) atoms. The SMILES string of the molecule is CC(=O)Oc1ccc(C(F)(F)F)c(-n2c(C)ccc2C)n1. The second kappa shape index (κ2) is 5.23. The minimum atomic E-state index is -4.56. The Labute approximate surface area is 119 Å². The van der Waals surface area contributed by atoms with E-state index in [2.05, 4.69) is 4.98 Å². The third-order valence-electron chi connectivity index (χ3n) is 2.89. The number of aromatic nitrogens is 2. The van der Waals surface area contributed by atoms with E-state index in [4.69, 9.17) is 4.74 Å². The van der Waals surface area contributed by atoms with E-state index in [1.807, 2.05) is 0 Å². The summed E-state index contributed by atoms with van der Waals surface area (Å²) in [6.07, 6.45) is -4.56. The Balaban J connectivity index is 2.67. The quantitative estimate of drug-likeness (QED) is 0.798. The van der Waals surface area contributed by atoms with Crippen molar-refractivity contribution in [1.29, 1.82) is 0 Å². The van der Waals surface area contributed by atoms with Gasteiger partial charge in [-0.1, -0.05) is 0 Å². The number of carbonyl (C=O) groups excluding carboxylic acids is 1. The molecule has 2 aromatic heterocycles. The molecule has 0 aliphatic carbocycles. The first kappa shape index (κ1) is 15.1. The van der Waals surface area contributed by atoms with Crippen molar-refractivity contribution in [3.8, 4) is 11.7 Å². The number of ether oxygens (including phenoxy) is 1. The molecule has 0 atom stereocenters. The molecule has 112 valence electrons. The zero-order valence-electron chi connectivity index (χ0n) is 11.7. The maximum Gasteiger partial charge on any atom is 0.419 e. The van der Waals surface area contributed by atoms with Crippen LogP contribution in [0, 0.1) is 13.8 Å². The molecule has 0 fully saturated rings. The van der Waals surface area contributed by atoms with Crippen molar-refractivity contribution < 1.29 is 22.7 Å². The van der Waals surface area contributed by atoms with Crippen LogP contribution in [0.4, 0.5) is 13.2 Å². The third-order valence-corrected chi connectivity index (χ3v) is 2.89. The Bertz CT molecular complexity index is 671. The van der Waals surface area contributed by atoms with Gasteiger partial charge in [-0.15, -0.1) is 0 Å². The highest BCUT2D eigenvalue weighted by molar-refractivity contribution is 5.68. The number of pyridine rings is 1. The van der Waals surface area contributed by atoms with Gasteiger partial charge in [0, 0.05) is 24.4 Å². The Morgan fingerprint density at radius 3 is 2.19 bits per heavy atom. The van der Waals surface area contributed by atoms with Crippen LogP contribution in [0.3, 0.4) is 0 Å². The van der Waals surface area contributed by atoms with Crippen LogP contribution in [0.5, 0.6) is 5.88 Å². The number of alkyl halides is 3. The molecular weight excluding hydrogens is 285 g/mol. The molecule has 0 unspecified atom stereocenters. The van der Waals surface area contributed by atoms with E-state index in [-0.39, 0.29) is 11.7 Å². The van der Waals surface area contributed by atoms with Crippen LogP contribution < -0.4 is 4.74 Å². The van der Waals surface area contributed by atoms with Crippen LogP contribution >= 0.6 is 0 Å². The van der Waals surface area contributed by atoms with E-state index in [0.717, 1.165) is 19.1 Å². The van der Waals surface area contributed by atoms with Crippen LogP contribution in [0.15, 0.2) is 24.3 Å². The molecule has 0 saturated heterocycles. The minimum absolute atomic E-state index is 0.169. The fraction of sp³-hybridized carbons (Fsp3) is 0.286. The summed E-state index contributed by atoms with van der Waals surface area (Å²) in [7, 11) is 0. The van der Waals surface area contributed by atoms with Gasteiger partial charge in [-0.05, 0) is 32.0 Å². The van der Waals surface area contributed by atoms with Gasteiger partial charge in [-0.2, -0.15) is 18.2 Å². The van der Waals surface area contributed by atoms with Crippen LogP contribution in [0.2, 0.25) is 0 Å². The van der Waals surface area contributed by atoms with E-state index in [9.17, 15) is 18.0 Å². The lowest BCUT2D eigenvalue weighted by molar-refractivity contribution is -0.137. The molecule has 0 spiro atoms. The summed E-state index contributed by atoms with van der Waals surface area (Å²) in [5, 5.41) is 0. The van der Waals surface area contributed by atoms with Crippen molar-refractivity contribution in [3.05, 3.63) is 41.2 Å². The monoisotopic (exact) mass is 298 g/mol. The lowest BCUT2D eigenvalue weighted by Crippen LogP contribution is -2.15. The molecule has 0 saturated carbocycles. The van der Waals surface area contributed by atoms with Crippen molar-refractivity contribution in [2.24, 2.45) is 0 Å². The van der Waals surface area contributed by atoms with Crippen molar-refractivity contribution in [2.75, 3.05) is 0 Å². The van der Waals surface area contributed by atoms with Crippen molar-refractivity contribution in [3.63, 3.8) is 0 Å². The molecule has 0 aliphatic heterocycles. The molecule has 0 aliphatic rings. The topological polar surface area (TPSA) is 44.1 Å². The summed E-state index contributed by atoms with van der Waals surface area (Å²) in [6.45, 7) is 4.51. The zero-order chi connectivity index (χ0) is 15.8. The van der Waals surface area contributed by atoms with Gasteiger partial charge >= 0.3 is 12.1 Å². The van der Waals surface area contributed by atoms with Gasteiger partial charge in [0.2, 0.25) is 5.88 Å². The highest BCUT2D eigenvalue weighted by Crippen LogP contribution is 2.35. The average molecular weight is 298 g/mol. The van der Waals surface area contributed by atoms with Gasteiger partial charge in [0.15, 0.2) is 5.82 Å². The number of carbonyl (C=O) groups is 1. The molecule has 0 amide bonds. The van der Waals surface area contributed by atoms with Gasteiger partial charge < -0.3 is 9.30 Å². The van der Waals surface area contributed by atoms with E-state index in [1.54, 1.807) is 26.0 Å². The number of hydrogen-bond acceptors (Lipinski definition) is 3. The molecule has 2 heterocycles. The summed E-state index contributed by atoms with van der Waals surface area (Å²) >= 11 is 0. The maximum absolute atomic E-state index is 13.1. The normalized spacial score (nSPS) is 11.5. The fourth-order valence-electron chi connectivity index (χ4n) is 2.03. The smallest absolute Gasteiger partial charge is 0.408 e. The van der Waals surface area contributed by atoms with Crippen molar-refractivity contribution in [1.82, 2.24) is 9.55 Å². The third kappa shape index (κ3) is 3.07. The second-order valence-electron chi connectivity index (χ2n) is 4.56. The average Bonchev–Trinajstić information content (AvgIpc) is 2.66. The molecule has 0 N–H and O–H groups in total. The van der Waals surface area contributed by atoms with Gasteiger partial charge in [-0.3, -0.25) is 4.79 Å². The number of rotatable bonds is 2. The lowest BCUT2D eigenvalue weighted by atomic mass is 10.2. The Morgan fingerprint density at radius 2 is 1.71 bits per heavy atom. The van der Waals surface area contributed by atoms with E-state index < -0.39 is 17.7 Å². The summed E-state index contributed by atoms with van der Waals surface area (Å²) in [6, 6.07) is 5.27. The van der Waals surface area contributed by atoms with Crippen LogP contribution in [0.1, 0.15) is 23.9 Å². The maximum atomic E-state index is 13.1. The number of hydrogen-bond donors (Lipinski definition) is 0. The van der Waals surface area contributed by atoms with Crippen molar-refractivity contribution in [2.45, 2.75) is 26.9 Å². The molecular formula is C14H13F3N2O2. The van der Waals surface area contributed by atoms with Crippen molar-refractivity contribution >= 4 is 5.97 Å². The number of esters is 1. The Kier molecular flexibility index (Phi) is 3.76. The van der Waals surface area contributed by atoms with Crippen LogP contribution in [0.25, 0.3) is 5.82 Å². The Hall–Kier alpha value is -2.31. The molecule has 2 rings (SSSR count). The summed E-state index contributed by atoms with van der Waals surface area (Å²) in [5.74, 6) is -1.12. The second-order valence-corrected chi connectivity index (χ2v) is 4.56. The molecule has 0 bridgehead atoms. The first-order valence-corrected chi connectivity index (χ1v) is 6.12. The largest absolute Gasteiger partial charge is 0.419 e. The summed E-state index contributed by atoms with van der Waals surface area (Å²) in [4.78, 5) is 14.8. The molecule has 4 nitrogen and oxygen atoms in total. The summed E-state index contributed by atoms with van der Waals surface area (Å²) in [5.41, 5.74) is 0.316. The Morgan fingerprint density at radius 1 is 1.14 bits per heavy atom. The molecule has 2 aromatic rings. The van der Waals surface area contributed by atoms with Crippen LogP contribution in [-0.4, -0.2) is 15.5 Å². The first-order chi connectivity index (χ1) is 9.70. The molecule has 0 aromatic carbocycles. The predicted molar refractivity (Wildman–Crippen MR) is 69.3 cm³/mol. The highest BCUT2D eigenvalue weighted by atomic mass is 19.4. The van der Waals surface area contributed by atoms with Gasteiger partial charge in [0.1, 0.15) is 0 Å².